The van der Waals surface area contributed by atoms with E-state index in [1.165, 1.54) is 0 Å². The molecule has 18 heavy (non-hydrogen) atoms. The molecule has 0 saturated heterocycles. The van der Waals surface area contributed by atoms with Gasteiger partial charge in [-0.3, -0.25) is 0 Å². The van der Waals surface area contributed by atoms with E-state index in [1.54, 1.807) is 14.2 Å². The first-order valence-corrected chi connectivity index (χ1v) is 6.35. The summed E-state index contributed by atoms with van der Waals surface area (Å²) < 4.78 is 11.5. The van der Waals surface area contributed by atoms with Crippen molar-refractivity contribution in [3.8, 4) is 11.5 Å². The van der Waals surface area contributed by atoms with Crippen molar-refractivity contribution >= 4 is 15.9 Å². The standard InChI is InChI=1S/C15H14BrO2/c1-17-12-8-6-11(7-9-12)10-13-14(16)4-3-5-15(13)18-2/h3-10H,1-2H3. The van der Waals surface area contributed by atoms with Crippen molar-refractivity contribution in [1.82, 2.24) is 0 Å². The van der Waals surface area contributed by atoms with Gasteiger partial charge in [-0.1, -0.05) is 34.1 Å². The molecule has 0 unspecified atom stereocenters. The molecule has 0 aliphatic rings. The van der Waals surface area contributed by atoms with Crippen LogP contribution in [-0.2, 0) is 0 Å². The van der Waals surface area contributed by atoms with Crippen LogP contribution in [0.25, 0.3) is 0 Å². The van der Waals surface area contributed by atoms with Gasteiger partial charge in [0.1, 0.15) is 11.5 Å². The van der Waals surface area contributed by atoms with Gasteiger partial charge in [0.25, 0.3) is 0 Å². The average molecular weight is 306 g/mol. The third-order valence-corrected chi connectivity index (χ3v) is 3.35. The number of methoxy groups -OCH3 is 2. The molecule has 0 amide bonds. The summed E-state index contributed by atoms with van der Waals surface area (Å²) in [6, 6.07) is 13.8. The zero-order valence-electron chi connectivity index (χ0n) is 10.3. The fraction of sp³-hybridized carbons (Fsp3) is 0.133. The Morgan fingerprint density at radius 1 is 0.944 bits per heavy atom. The van der Waals surface area contributed by atoms with Crippen LogP contribution in [0.4, 0.5) is 0 Å². The van der Waals surface area contributed by atoms with E-state index in [0.29, 0.717) is 0 Å². The molecule has 2 aromatic rings. The third kappa shape index (κ3) is 2.85. The average Bonchev–Trinajstić information content (AvgIpc) is 2.42. The van der Waals surface area contributed by atoms with E-state index in [9.17, 15) is 0 Å². The lowest BCUT2D eigenvalue weighted by Crippen LogP contribution is -1.93. The number of rotatable bonds is 4. The Hall–Kier alpha value is -1.48. The van der Waals surface area contributed by atoms with Gasteiger partial charge >= 0.3 is 0 Å². The molecule has 0 fully saturated rings. The van der Waals surface area contributed by atoms with E-state index in [0.717, 1.165) is 27.1 Å². The molecule has 0 bridgehead atoms. The Morgan fingerprint density at radius 2 is 1.67 bits per heavy atom. The lowest BCUT2D eigenvalue weighted by molar-refractivity contribution is 0.412. The number of hydrogen-bond donors (Lipinski definition) is 0. The maximum absolute atomic E-state index is 5.36. The van der Waals surface area contributed by atoms with Crippen molar-refractivity contribution in [1.29, 1.82) is 0 Å². The van der Waals surface area contributed by atoms with Gasteiger partial charge in [-0.05, 0) is 29.8 Å². The number of halogens is 1. The first kappa shape index (κ1) is 13.0. The lowest BCUT2D eigenvalue weighted by Gasteiger charge is -2.10. The SMILES string of the molecule is COc1ccc([CH]c2c(Br)cccc2OC)cc1. The van der Waals surface area contributed by atoms with Crippen LogP contribution in [0.1, 0.15) is 11.1 Å². The fourth-order valence-electron chi connectivity index (χ4n) is 1.70. The zero-order valence-corrected chi connectivity index (χ0v) is 11.9. The maximum atomic E-state index is 5.36. The van der Waals surface area contributed by atoms with Gasteiger partial charge in [-0.15, -0.1) is 0 Å². The summed E-state index contributed by atoms with van der Waals surface area (Å²) in [4.78, 5) is 0. The molecule has 0 atom stereocenters. The van der Waals surface area contributed by atoms with Crippen molar-refractivity contribution in [2.45, 2.75) is 0 Å². The minimum absolute atomic E-state index is 0.847. The van der Waals surface area contributed by atoms with Crippen molar-refractivity contribution in [3.63, 3.8) is 0 Å². The van der Waals surface area contributed by atoms with E-state index < -0.39 is 0 Å². The predicted molar refractivity (Wildman–Crippen MR) is 76.2 cm³/mol. The minimum atomic E-state index is 0.847. The van der Waals surface area contributed by atoms with E-state index in [-0.39, 0.29) is 0 Å². The number of hydrogen-bond acceptors (Lipinski definition) is 2. The molecular weight excluding hydrogens is 292 g/mol. The molecule has 2 nitrogen and oxygen atoms in total. The van der Waals surface area contributed by atoms with Gasteiger partial charge in [0.2, 0.25) is 0 Å². The number of benzene rings is 2. The number of ether oxygens (including phenoxy) is 2. The summed E-state index contributed by atoms with van der Waals surface area (Å²) in [5.74, 6) is 1.70. The van der Waals surface area contributed by atoms with Gasteiger partial charge in [-0.25, -0.2) is 0 Å². The highest BCUT2D eigenvalue weighted by Crippen LogP contribution is 2.30. The van der Waals surface area contributed by atoms with Crippen molar-refractivity contribution < 1.29 is 9.47 Å². The van der Waals surface area contributed by atoms with E-state index in [1.807, 2.05) is 42.5 Å². The molecule has 2 rings (SSSR count). The molecule has 93 valence electrons. The molecular formula is C15H14BrO2. The summed E-state index contributed by atoms with van der Waals surface area (Å²) in [5.41, 5.74) is 2.13. The molecule has 0 N–H and O–H groups in total. The second-order valence-corrected chi connectivity index (χ2v) is 4.63. The first-order valence-electron chi connectivity index (χ1n) is 5.56. The van der Waals surface area contributed by atoms with Crippen molar-refractivity contribution in [2.75, 3.05) is 14.2 Å². The van der Waals surface area contributed by atoms with Crippen LogP contribution in [0.3, 0.4) is 0 Å². The normalized spacial score (nSPS) is 10.2. The third-order valence-electron chi connectivity index (χ3n) is 2.66. The Bertz CT molecular complexity index is 521. The topological polar surface area (TPSA) is 18.5 Å². The fourth-order valence-corrected chi connectivity index (χ4v) is 2.16. The second-order valence-electron chi connectivity index (χ2n) is 3.77. The molecule has 0 heterocycles. The monoisotopic (exact) mass is 305 g/mol. The van der Waals surface area contributed by atoms with Crippen LogP contribution in [-0.4, -0.2) is 14.2 Å². The Balaban J connectivity index is 2.27. The van der Waals surface area contributed by atoms with Crippen LogP contribution in [0.15, 0.2) is 46.9 Å². The Kier molecular flexibility index (Phi) is 4.26. The van der Waals surface area contributed by atoms with Crippen LogP contribution in [0.5, 0.6) is 11.5 Å². The summed E-state index contributed by atoms with van der Waals surface area (Å²) in [6.45, 7) is 0. The predicted octanol–water partition coefficient (Wildman–Crippen LogP) is 4.07. The van der Waals surface area contributed by atoms with Crippen molar-refractivity contribution in [3.05, 3.63) is 64.5 Å². The molecule has 0 saturated carbocycles. The lowest BCUT2D eigenvalue weighted by atomic mass is 10.0. The highest BCUT2D eigenvalue weighted by molar-refractivity contribution is 9.10. The molecule has 0 aromatic heterocycles. The van der Waals surface area contributed by atoms with Crippen LogP contribution >= 0.6 is 15.9 Å². The van der Waals surface area contributed by atoms with Crippen LogP contribution in [0, 0.1) is 6.42 Å². The van der Waals surface area contributed by atoms with Crippen molar-refractivity contribution in [2.24, 2.45) is 0 Å². The molecule has 1 radical (unpaired) electrons. The Labute approximate surface area is 116 Å². The van der Waals surface area contributed by atoms with E-state index in [2.05, 4.69) is 22.4 Å². The quantitative estimate of drug-likeness (QED) is 0.848. The van der Waals surface area contributed by atoms with Crippen LogP contribution in [0.2, 0.25) is 0 Å². The van der Waals surface area contributed by atoms with Crippen LogP contribution < -0.4 is 9.47 Å². The largest absolute Gasteiger partial charge is 0.497 e. The van der Waals surface area contributed by atoms with Gasteiger partial charge in [0.05, 0.1) is 14.2 Å². The van der Waals surface area contributed by atoms with Gasteiger partial charge in [0, 0.05) is 16.5 Å². The van der Waals surface area contributed by atoms with Gasteiger partial charge in [-0.2, -0.15) is 0 Å². The van der Waals surface area contributed by atoms with Gasteiger partial charge in [0.15, 0.2) is 0 Å². The summed E-state index contributed by atoms with van der Waals surface area (Å²) in [7, 11) is 3.34. The Morgan fingerprint density at radius 3 is 2.28 bits per heavy atom. The van der Waals surface area contributed by atoms with E-state index in [4.69, 9.17) is 9.47 Å². The molecule has 3 heteroatoms. The van der Waals surface area contributed by atoms with Gasteiger partial charge < -0.3 is 9.47 Å². The molecule has 0 spiro atoms. The highest BCUT2D eigenvalue weighted by atomic mass is 79.9. The van der Waals surface area contributed by atoms with E-state index >= 15 is 0 Å². The highest BCUT2D eigenvalue weighted by Gasteiger charge is 2.08. The molecule has 0 aliphatic heterocycles. The smallest absolute Gasteiger partial charge is 0.123 e. The summed E-state index contributed by atoms with van der Waals surface area (Å²) in [6.07, 6.45) is 2.07. The molecule has 2 aromatic carbocycles. The molecule has 0 aliphatic carbocycles. The maximum Gasteiger partial charge on any atom is 0.123 e. The summed E-state index contributed by atoms with van der Waals surface area (Å²) >= 11 is 3.54. The first-order chi connectivity index (χ1) is 8.74. The zero-order chi connectivity index (χ0) is 13.0. The summed E-state index contributed by atoms with van der Waals surface area (Å²) in [5, 5.41) is 0. The second kappa shape index (κ2) is 5.91. The minimum Gasteiger partial charge on any atom is -0.497 e.